The number of halogens is 3. The number of amides is 2. The van der Waals surface area contributed by atoms with Gasteiger partial charge in [0.1, 0.15) is 11.8 Å². The SMILES string of the molecule is CC(C)CNC(=O)[C@@H](Cc1ccccc1)N(Cc1ccc(Cl)c(Cl)c1)C(=O)COc1ccc(C(C)C)cc1Br. The van der Waals surface area contributed by atoms with Crippen molar-refractivity contribution in [2.45, 2.75) is 52.6 Å². The molecule has 0 aliphatic heterocycles. The van der Waals surface area contributed by atoms with Crippen LogP contribution in [-0.2, 0) is 22.6 Å². The lowest BCUT2D eigenvalue weighted by molar-refractivity contribution is -0.142. The van der Waals surface area contributed by atoms with Crippen molar-refractivity contribution in [1.82, 2.24) is 10.2 Å². The fourth-order valence-electron chi connectivity index (χ4n) is 4.03. The molecule has 208 valence electrons. The Labute approximate surface area is 250 Å². The van der Waals surface area contributed by atoms with Crippen LogP contribution in [0.25, 0.3) is 0 Å². The summed E-state index contributed by atoms with van der Waals surface area (Å²) in [5.41, 5.74) is 2.86. The Morgan fingerprint density at radius 2 is 1.64 bits per heavy atom. The summed E-state index contributed by atoms with van der Waals surface area (Å²) in [6, 6.07) is 20.0. The summed E-state index contributed by atoms with van der Waals surface area (Å²) in [4.78, 5) is 28.9. The zero-order chi connectivity index (χ0) is 28.5. The minimum absolute atomic E-state index is 0.166. The van der Waals surface area contributed by atoms with Gasteiger partial charge in [0, 0.05) is 19.5 Å². The summed E-state index contributed by atoms with van der Waals surface area (Å²) in [5.74, 6) is 0.651. The molecule has 3 aromatic rings. The molecule has 1 atom stereocenters. The van der Waals surface area contributed by atoms with E-state index in [-0.39, 0.29) is 30.9 Å². The second-order valence-electron chi connectivity index (χ2n) is 10.2. The maximum atomic E-state index is 13.8. The first kappa shape index (κ1) is 31.0. The van der Waals surface area contributed by atoms with Gasteiger partial charge in [0.05, 0.1) is 14.5 Å². The van der Waals surface area contributed by atoms with Crippen LogP contribution in [0, 0.1) is 5.92 Å². The highest BCUT2D eigenvalue weighted by Gasteiger charge is 2.31. The molecule has 0 aliphatic carbocycles. The van der Waals surface area contributed by atoms with Crippen LogP contribution in [0.5, 0.6) is 5.75 Å². The maximum Gasteiger partial charge on any atom is 0.261 e. The lowest BCUT2D eigenvalue weighted by Gasteiger charge is -2.32. The molecule has 3 aromatic carbocycles. The average Bonchev–Trinajstić information content (AvgIpc) is 2.90. The number of carbonyl (C=O) groups is 2. The van der Waals surface area contributed by atoms with Crippen LogP contribution in [0.1, 0.15) is 50.3 Å². The molecule has 0 aromatic heterocycles. The third kappa shape index (κ3) is 9.26. The van der Waals surface area contributed by atoms with Gasteiger partial charge in [-0.1, -0.05) is 93.4 Å². The van der Waals surface area contributed by atoms with Gasteiger partial charge in [0.25, 0.3) is 5.91 Å². The van der Waals surface area contributed by atoms with E-state index in [0.29, 0.717) is 34.7 Å². The Morgan fingerprint density at radius 3 is 2.26 bits per heavy atom. The summed E-state index contributed by atoms with van der Waals surface area (Å²) < 4.78 is 6.73. The van der Waals surface area contributed by atoms with Crippen LogP contribution in [0.15, 0.2) is 71.2 Å². The highest BCUT2D eigenvalue weighted by molar-refractivity contribution is 9.10. The molecule has 8 heteroatoms. The Balaban J connectivity index is 1.92. The highest BCUT2D eigenvalue weighted by Crippen LogP contribution is 2.29. The molecule has 0 radical (unpaired) electrons. The molecule has 0 saturated carbocycles. The van der Waals surface area contributed by atoms with E-state index in [4.69, 9.17) is 27.9 Å². The Morgan fingerprint density at radius 1 is 0.923 bits per heavy atom. The van der Waals surface area contributed by atoms with Crippen molar-refractivity contribution in [1.29, 1.82) is 0 Å². The molecule has 0 unspecified atom stereocenters. The first-order valence-corrected chi connectivity index (χ1v) is 14.6. The molecular formula is C31H35BrCl2N2O3. The van der Waals surface area contributed by atoms with Crippen molar-refractivity contribution < 1.29 is 14.3 Å². The smallest absolute Gasteiger partial charge is 0.261 e. The maximum absolute atomic E-state index is 13.8. The van der Waals surface area contributed by atoms with Crippen molar-refractivity contribution in [2.75, 3.05) is 13.2 Å². The first-order chi connectivity index (χ1) is 18.5. The largest absolute Gasteiger partial charge is 0.483 e. The number of ether oxygens (including phenoxy) is 1. The van der Waals surface area contributed by atoms with Gasteiger partial charge in [-0.25, -0.2) is 0 Å². The molecule has 5 nitrogen and oxygen atoms in total. The normalized spacial score (nSPS) is 11.9. The molecule has 1 N–H and O–H groups in total. The summed E-state index contributed by atoms with van der Waals surface area (Å²) in [6.45, 7) is 8.73. The lowest BCUT2D eigenvalue weighted by Crippen LogP contribution is -2.52. The van der Waals surface area contributed by atoms with E-state index in [1.54, 1.807) is 17.0 Å². The molecule has 0 heterocycles. The summed E-state index contributed by atoms with van der Waals surface area (Å²) in [6.07, 6.45) is 0.352. The number of benzene rings is 3. The summed E-state index contributed by atoms with van der Waals surface area (Å²) in [5, 5.41) is 3.82. The Bertz CT molecular complexity index is 1270. The van der Waals surface area contributed by atoms with Crippen LogP contribution >= 0.6 is 39.1 Å². The third-order valence-corrected chi connectivity index (χ3v) is 7.63. The number of hydrogen-bond acceptors (Lipinski definition) is 3. The van der Waals surface area contributed by atoms with Gasteiger partial charge in [-0.3, -0.25) is 9.59 Å². The van der Waals surface area contributed by atoms with Gasteiger partial charge in [0.2, 0.25) is 5.91 Å². The lowest BCUT2D eigenvalue weighted by atomic mass is 10.0. The first-order valence-electron chi connectivity index (χ1n) is 13.0. The fourth-order valence-corrected chi connectivity index (χ4v) is 4.86. The molecule has 0 fully saturated rings. The van der Waals surface area contributed by atoms with Crippen LogP contribution in [0.2, 0.25) is 10.0 Å². The molecule has 0 aliphatic rings. The standard InChI is InChI=1S/C31H35BrCl2N2O3/c1-20(2)17-35-31(38)28(15-22-8-6-5-7-9-22)36(18-23-10-12-26(33)27(34)14-23)30(37)19-39-29-13-11-24(21(3)4)16-25(29)32/h5-14,16,20-21,28H,15,17-19H2,1-4H3,(H,35,38)/t28-/m1/s1. The quantitative estimate of drug-likeness (QED) is 0.223. The van der Waals surface area contributed by atoms with E-state index >= 15 is 0 Å². The highest BCUT2D eigenvalue weighted by atomic mass is 79.9. The average molecular weight is 634 g/mol. The fraction of sp³-hybridized carbons (Fsp3) is 0.355. The van der Waals surface area contributed by atoms with Crippen LogP contribution in [-0.4, -0.2) is 35.9 Å². The van der Waals surface area contributed by atoms with Gasteiger partial charge in [-0.2, -0.15) is 0 Å². The van der Waals surface area contributed by atoms with E-state index in [9.17, 15) is 9.59 Å². The van der Waals surface area contributed by atoms with E-state index in [0.717, 1.165) is 21.2 Å². The Kier molecular flexibility index (Phi) is 11.7. The minimum atomic E-state index is -0.761. The van der Waals surface area contributed by atoms with E-state index in [1.165, 1.54) is 0 Å². The van der Waals surface area contributed by atoms with E-state index in [1.807, 2.05) is 68.4 Å². The van der Waals surface area contributed by atoms with Crippen molar-refractivity contribution in [3.63, 3.8) is 0 Å². The van der Waals surface area contributed by atoms with Crippen molar-refractivity contribution in [3.05, 3.63) is 97.9 Å². The van der Waals surface area contributed by atoms with Crippen LogP contribution in [0.3, 0.4) is 0 Å². The third-order valence-electron chi connectivity index (χ3n) is 6.27. The summed E-state index contributed by atoms with van der Waals surface area (Å²) >= 11 is 16.0. The van der Waals surface area contributed by atoms with Gasteiger partial charge in [-0.05, 0) is 68.7 Å². The van der Waals surface area contributed by atoms with Crippen molar-refractivity contribution in [3.8, 4) is 5.75 Å². The molecule has 0 bridgehead atoms. The zero-order valence-electron chi connectivity index (χ0n) is 22.7. The van der Waals surface area contributed by atoms with Crippen molar-refractivity contribution in [2.24, 2.45) is 5.92 Å². The van der Waals surface area contributed by atoms with Gasteiger partial charge >= 0.3 is 0 Å². The number of nitrogens with one attached hydrogen (secondary N) is 1. The molecule has 2 amide bonds. The topological polar surface area (TPSA) is 58.6 Å². The van der Waals surface area contributed by atoms with Crippen LogP contribution < -0.4 is 10.1 Å². The molecule has 0 saturated heterocycles. The van der Waals surface area contributed by atoms with E-state index < -0.39 is 6.04 Å². The monoisotopic (exact) mass is 632 g/mol. The van der Waals surface area contributed by atoms with Gasteiger partial charge in [-0.15, -0.1) is 0 Å². The molecule has 39 heavy (non-hydrogen) atoms. The number of nitrogens with zero attached hydrogens (tertiary/aromatic N) is 1. The van der Waals surface area contributed by atoms with Crippen molar-refractivity contribution >= 4 is 50.9 Å². The second-order valence-corrected chi connectivity index (χ2v) is 11.9. The predicted octanol–water partition coefficient (Wildman–Crippen LogP) is 7.67. The minimum Gasteiger partial charge on any atom is -0.483 e. The van der Waals surface area contributed by atoms with Gasteiger partial charge in [0.15, 0.2) is 6.61 Å². The number of hydrogen-bond donors (Lipinski definition) is 1. The summed E-state index contributed by atoms with van der Waals surface area (Å²) in [7, 11) is 0. The number of carbonyl (C=O) groups excluding carboxylic acids is 2. The second kappa shape index (κ2) is 14.7. The van der Waals surface area contributed by atoms with Crippen LogP contribution in [0.4, 0.5) is 0 Å². The van der Waals surface area contributed by atoms with E-state index in [2.05, 4.69) is 35.1 Å². The Hall–Kier alpha value is -2.54. The predicted molar refractivity (Wildman–Crippen MR) is 163 cm³/mol. The van der Waals surface area contributed by atoms with Gasteiger partial charge < -0.3 is 15.0 Å². The molecular weight excluding hydrogens is 599 g/mol. The molecule has 0 spiro atoms. The molecule has 3 rings (SSSR count). The number of rotatable bonds is 12. The zero-order valence-corrected chi connectivity index (χ0v) is 25.8.